The number of hydrogen-bond acceptors (Lipinski definition) is 5. The molecule has 1 atom stereocenters. The predicted molar refractivity (Wildman–Crippen MR) is 104 cm³/mol. The number of benzene rings is 1. The van der Waals surface area contributed by atoms with Gasteiger partial charge in [0.25, 0.3) is 0 Å². The monoisotopic (exact) mass is 362 g/mol. The Morgan fingerprint density at radius 2 is 1.74 bits per heavy atom. The van der Waals surface area contributed by atoms with Crippen LogP contribution in [0.25, 0.3) is 21.1 Å². The summed E-state index contributed by atoms with van der Waals surface area (Å²) in [5.41, 5.74) is 4.18. The molecule has 0 N–H and O–H groups in total. The summed E-state index contributed by atoms with van der Waals surface area (Å²) in [7, 11) is 0. The maximum Gasteiger partial charge on any atom is 0.113 e. The van der Waals surface area contributed by atoms with Gasteiger partial charge in [-0.1, -0.05) is 41.5 Å². The van der Waals surface area contributed by atoms with Crippen LogP contribution in [0.3, 0.4) is 0 Å². The highest BCUT2D eigenvalue weighted by molar-refractivity contribution is 8.00. The fourth-order valence-electron chi connectivity index (χ4n) is 3.08. The molecule has 1 aliphatic heterocycles. The van der Waals surface area contributed by atoms with E-state index in [9.17, 15) is 0 Å². The minimum Gasteiger partial charge on any atom is -0.173 e. The standard InChI is InChI=1S/C18H22N2S3/c1-17(2,3)11-7-9-13-14(20-23-19-13)10-8-12(18(4,5)6)22-16(10)15(9)21-11/h7,12H,8H2,1-6H3. The molecular weight excluding hydrogens is 340 g/mol. The maximum atomic E-state index is 4.65. The van der Waals surface area contributed by atoms with Crippen molar-refractivity contribution in [2.45, 2.75) is 63.5 Å². The van der Waals surface area contributed by atoms with E-state index in [0.717, 1.165) is 17.5 Å². The number of thioether (sulfide) groups is 1. The van der Waals surface area contributed by atoms with Crippen molar-refractivity contribution in [3.63, 3.8) is 0 Å². The van der Waals surface area contributed by atoms with E-state index in [1.807, 2.05) is 11.3 Å². The van der Waals surface area contributed by atoms with Crippen molar-refractivity contribution < 1.29 is 0 Å². The maximum absolute atomic E-state index is 4.65. The van der Waals surface area contributed by atoms with Crippen molar-refractivity contribution in [1.29, 1.82) is 0 Å². The lowest BCUT2D eigenvalue weighted by atomic mass is 9.88. The molecule has 0 saturated heterocycles. The largest absolute Gasteiger partial charge is 0.173 e. The minimum atomic E-state index is 0.180. The molecule has 1 unspecified atom stereocenters. The summed E-state index contributed by atoms with van der Waals surface area (Å²) < 4.78 is 10.7. The SMILES string of the molecule is CC(C)(C)c1cc2c(s1)c1c(c3nsnc32)CC(C(C)(C)C)S1. The highest BCUT2D eigenvalue weighted by Gasteiger charge is 2.36. The van der Waals surface area contributed by atoms with Gasteiger partial charge < -0.3 is 0 Å². The molecular formula is C18H22N2S3. The van der Waals surface area contributed by atoms with E-state index in [0.29, 0.717) is 10.7 Å². The Hall–Kier alpha value is -0.650. The van der Waals surface area contributed by atoms with Gasteiger partial charge >= 0.3 is 0 Å². The lowest BCUT2D eigenvalue weighted by molar-refractivity contribution is 0.396. The Labute approximate surface area is 150 Å². The van der Waals surface area contributed by atoms with Gasteiger partial charge in [-0.2, -0.15) is 8.75 Å². The second-order valence-electron chi connectivity index (χ2n) is 8.55. The molecule has 4 rings (SSSR count). The van der Waals surface area contributed by atoms with Crippen molar-refractivity contribution in [2.75, 3.05) is 0 Å². The summed E-state index contributed by atoms with van der Waals surface area (Å²) in [4.78, 5) is 2.91. The van der Waals surface area contributed by atoms with Gasteiger partial charge in [0, 0.05) is 20.4 Å². The lowest BCUT2D eigenvalue weighted by Crippen LogP contribution is -2.22. The van der Waals surface area contributed by atoms with Crippen LogP contribution in [0.4, 0.5) is 0 Å². The Kier molecular flexibility index (Phi) is 3.40. The van der Waals surface area contributed by atoms with Crippen LogP contribution in [0.1, 0.15) is 52.0 Å². The quantitative estimate of drug-likeness (QED) is 0.471. The average molecular weight is 363 g/mol. The van der Waals surface area contributed by atoms with E-state index >= 15 is 0 Å². The zero-order valence-electron chi connectivity index (χ0n) is 14.5. The number of hydrogen-bond donors (Lipinski definition) is 0. The second-order valence-corrected chi connectivity index (χ2v) is 11.3. The lowest BCUT2D eigenvalue weighted by Gasteiger charge is -2.25. The Morgan fingerprint density at radius 3 is 2.39 bits per heavy atom. The van der Waals surface area contributed by atoms with E-state index in [1.54, 1.807) is 0 Å². The summed E-state index contributed by atoms with van der Waals surface area (Å²) in [6.07, 6.45) is 1.12. The van der Waals surface area contributed by atoms with Gasteiger partial charge in [-0.15, -0.1) is 23.1 Å². The minimum absolute atomic E-state index is 0.180. The predicted octanol–water partition coefficient (Wildman–Crippen LogP) is 6.27. The first-order valence-corrected chi connectivity index (χ1v) is 10.5. The fraction of sp³-hybridized carbons (Fsp3) is 0.556. The Morgan fingerprint density at radius 1 is 1.04 bits per heavy atom. The van der Waals surface area contributed by atoms with Crippen LogP contribution in [0.2, 0.25) is 0 Å². The molecule has 3 heterocycles. The van der Waals surface area contributed by atoms with Crippen molar-refractivity contribution >= 4 is 55.9 Å². The van der Waals surface area contributed by atoms with Crippen molar-refractivity contribution in [1.82, 2.24) is 8.75 Å². The third-order valence-electron chi connectivity index (χ3n) is 4.60. The zero-order valence-corrected chi connectivity index (χ0v) is 16.9. The average Bonchev–Trinajstić information content (AvgIpc) is 3.13. The van der Waals surface area contributed by atoms with Gasteiger partial charge in [0.1, 0.15) is 11.0 Å². The molecule has 1 aliphatic rings. The van der Waals surface area contributed by atoms with Crippen LogP contribution in [0.5, 0.6) is 0 Å². The number of rotatable bonds is 0. The van der Waals surface area contributed by atoms with E-state index in [2.05, 4.69) is 68.1 Å². The summed E-state index contributed by atoms with van der Waals surface area (Å²) in [5, 5.41) is 1.93. The van der Waals surface area contributed by atoms with Crippen molar-refractivity contribution in [3.8, 4) is 0 Å². The molecule has 2 nitrogen and oxygen atoms in total. The van der Waals surface area contributed by atoms with Gasteiger partial charge in [0.2, 0.25) is 0 Å². The van der Waals surface area contributed by atoms with Crippen LogP contribution in [0.15, 0.2) is 11.0 Å². The van der Waals surface area contributed by atoms with Gasteiger partial charge in [-0.25, -0.2) is 0 Å². The topological polar surface area (TPSA) is 25.8 Å². The molecule has 0 fully saturated rings. The molecule has 3 aromatic rings. The summed E-state index contributed by atoms with van der Waals surface area (Å²) >= 11 is 5.37. The molecule has 2 aromatic heterocycles. The van der Waals surface area contributed by atoms with E-state index in [-0.39, 0.29) is 5.41 Å². The summed E-state index contributed by atoms with van der Waals surface area (Å²) in [6.45, 7) is 13.9. The normalized spacial score (nSPS) is 19.0. The van der Waals surface area contributed by atoms with Crippen molar-refractivity contribution in [2.24, 2.45) is 5.41 Å². The van der Waals surface area contributed by atoms with Crippen LogP contribution < -0.4 is 0 Å². The highest BCUT2D eigenvalue weighted by atomic mass is 32.2. The van der Waals surface area contributed by atoms with Crippen LogP contribution in [-0.2, 0) is 11.8 Å². The molecule has 23 heavy (non-hydrogen) atoms. The van der Waals surface area contributed by atoms with Gasteiger partial charge in [0.15, 0.2) is 0 Å². The third-order valence-corrected chi connectivity index (χ3v) is 8.68. The number of fused-ring (bicyclic) bond motifs is 6. The molecule has 0 bridgehead atoms. The first-order valence-electron chi connectivity index (χ1n) is 8.04. The first-order chi connectivity index (χ1) is 10.7. The van der Waals surface area contributed by atoms with Crippen LogP contribution >= 0.6 is 34.8 Å². The molecule has 1 aromatic carbocycles. The van der Waals surface area contributed by atoms with Crippen molar-refractivity contribution in [3.05, 3.63) is 16.5 Å². The number of thiophene rings is 1. The number of nitrogens with zero attached hydrogens (tertiary/aromatic N) is 2. The van der Waals surface area contributed by atoms with Crippen LogP contribution in [-0.4, -0.2) is 14.0 Å². The van der Waals surface area contributed by atoms with E-state index < -0.39 is 0 Å². The van der Waals surface area contributed by atoms with E-state index in [1.165, 1.54) is 37.2 Å². The molecule has 122 valence electrons. The third kappa shape index (κ3) is 2.43. The fourth-order valence-corrected chi connectivity index (χ4v) is 6.55. The molecule has 0 aliphatic carbocycles. The molecule has 0 spiro atoms. The van der Waals surface area contributed by atoms with Gasteiger partial charge in [0.05, 0.1) is 16.4 Å². The van der Waals surface area contributed by atoms with Crippen LogP contribution in [0, 0.1) is 5.41 Å². The molecule has 0 amide bonds. The van der Waals surface area contributed by atoms with Gasteiger partial charge in [-0.05, 0) is 28.9 Å². The first kappa shape index (κ1) is 15.9. The molecule has 0 radical (unpaired) electrons. The van der Waals surface area contributed by atoms with Gasteiger partial charge in [-0.3, -0.25) is 0 Å². The highest BCUT2D eigenvalue weighted by Crippen LogP contribution is 2.53. The smallest absolute Gasteiger partial charge is 0.113 e. The van der Waals surface area contributed by atoms with E-state index in [4.69, 9.17) is 0 Å². The zero-order chi connectivity index (χ0) is 16.6. The molecule has 0 saturated carbocycles. The molecule has 5 heteroatoms. The Bertz CT molecular complexity index is 906. The second kappa shape index (κ2) is 4.93. The number of aromatic nitrogens is 2. The summed E-state index contributed by atoms with van der Waals surface area (Å²) in [5.74, 6) is 0. The Balaban J connectivity index is 2.02. The summed E-state index contributed by atoms with van der Waals surface area (Å²) in [6, 6.07) is 2.36.